The predicted molar refractivity (Wildman–Crippen MR) is 209 cm³/mol. The van der Waals surface area contributed by atoms with Crippen LogP contribution in [0.15, 0.2) is 146 Å². The van der Waals surface area contributed by atoms with Crippen molar-refractivity contribution < 1.29 is 34.3 Å². The van der Waals surface area contributed by atoms with Crippen LogP contribution in [-0.4, -0.2) is 17.2 Å². The number of hydrogen-bond donors (Lipinski definition) is 0. The number of fused-ring (bicyclic) bond motifs is 8. The molecule has 2 aliphatic rings. The first-order chi connectivity index (χ1) is 25.8. The summed E-state index contributed by atoms with van der Waals surface area (Å²) in [7, 11) is -6.00. The molecule has 5 heterocycles. The van der Waals surface area contributed by atoms with Crippen LogP contribution >= 0.6 is 0 Å². The molecule has 4 nitrogen and oxygen atoms in total. The topological polar surface area (TPSA) is 54.0 Å². The van der Waals surface area contributed by atoms with E-state index >= 15 is 0 Å². The van der Waals surface area contributed by atoms with Gasteiger partial charge in [0.1, 0.15) is 0 Å². The van der Waals surface area contributed by atoms with Gasteiger partial charge >= 0.3 is 24.3 Å². The maximum Gasteiger partial charge on any atom is 3.00 e. The molecule has 8 bridgehead atoms. The summed E-state index contributed by atoms with van der Waals surface area (Å²) >= 11 is 0. The third-order valence-electron chi connectivity index (χ3n) is 8.86. The summed E-state index contributed by atoms with van der Waals surface area (Å²) < 4.78 is 39.0. The maximum atomic E-state index is 9.75. The molecule has 0 N–H and O–H groups in total. The third kappa shape index (κ3) is 7.62. The Hall–Kier alpha value is -6.22. The molecule has 0 aliphatic carbocycles. The quantitative estimate of drug-likeness (QED) is 0.133. The summed E-state index contributed by atoms with van der Waals surface area (Å²) in [5, 5.41) is 0. The van der Waals surface area contributed by atoms with Crippen molar-refractivity contribution in [2.45, 2.75) is 0 Å². The second kappa shape index (κ2) is 15.4. The van der Waals surface area contributed by atoms with Gasteiger partial charge < -0.3 is 27.2 Å². The Morgan fingerprint density at radius 1 is 0.333 bits per heavy atom. The van der Waals surface area contributed by atoms with Gasteiger partial charge in [-0.3, -0.25) is 0 Å². The van der Waals surface area contributed by atoms with Gasteiger partial charge in [-0.1, -0.05) is 146 Å². The van der Waals surface area contributed by atoms with Crippen LogP contribution in [0.4, 0.5) is 17.3 Å². The minimum atomic E-state index is -6.00. The van der Waals surface area contributed by atoms with Gasteiger partial charge in [-0.05, 0) is 68.8 Å². The van der Waals surface area contributed by atoms with Crippen molar-refractivity contribution in [2.75, 3.05) is 0 Å². The van der Waals surface area contributed by atoms with Crippen molar-refractivity contribution in [3.05, 3.63) is 168 Å². The van der Waals surface area contributed by atoms with E-state index in [0.29, 0.717) is 0 Å². The van der Waals surface area contributed by atoms with Gasteiger partial charge in [-0.15, -0.1) is 22.1 Å². The van der Waals surface area contributed by atoms with Crippen molar-refractivity contribution in [1.29, 1.82) is 0 Å². The van der Waals surface area contributed by atoms with Gasteiger partial charge in [-0.2, -0.15) is 0 Å². The summed E-state index contributed by atoms with van der Waals surface area (Å²) in [6.45, 7) is 0. The summed E-state index contributed by atoms with van der Waals surface area (Å²) in [6.07, 6.45) is 8.41. The molecule has 0 saturated carbocycles. The molecule has 10 heteroatoms. The molecule has 54 heavy (non-hydrogen) atoms. The van der Waals surface area contributed by atoms with Crippen LogP contribution in [0.5, 0.6) is 0 Å². The third-order valence-corrected chi connectivity index (χ3v) is 8.86. The largest absolute Gasteiger partial charge is 3.00 e. The van der Waals surface area contributed by atoms with Crippen molar-refractivity contribution >= 4 is 53.6 Å². The first-order valence-electron chi connectivity index (χ1n) is 16.9. The van der Waals surface area contributed by atoms with Crippen molar-refractivity contribution in [3.8, 4) is 44.5 Å². The average Bonchev–Trinajstić information content (AvgIpc) is 4.01. The molecule has 0 amide bonds. The monoisotopic (exact) mass is 755 g/mol. The molecule has 1 radical (unpaired) electrons. The van der Waals surface area contributed by atoms with Gasteiger partial charge in [0.2, 0.25) is 0 Å². The number of nitrogens with zero attached hydrogens (tertiary/aromatic N) is 4. The van der Waals surface area contributed by atoms with Crippen LogP contribution in [0.25, 0.3) is 90.9 Å². The zero-order valence-electron chi connectivity index (χ0n) is 28.4. The van der Waals surface area contributed by atoms with Crippen LogP contribution < -0.4 is 9.97 Å². The molecule has 0 fully saturated rings. The van der Waals surface area contributed by atoms with Gasteiger partial charge in [0.05, 0.1) is 22.8 Å². The Bertz CT molecular complexity index is 2300. The van der Waals surface area contributed by atoms with E-state index in [0.717, 1.165) is 89.4 Å². The van der Waals surface area contributed by atoms with Gasteiger partial charge in [-0.25, -0.2) is 9.97 Å². The van der Waals surface area contributed by atoms with Crippen LogP contribution in [0, 0.1) is 0 Å². The number of aromatic nitrogens is 4. The Labute approximate surface area is 319 Å². The second-order valence-corrected chi connectivity index (χ2v) is 12.3. The molecule has 7 aromatic rings. The minimum Gasteiger partial charge on any atom is -0.657 e. The smallest absolute Gasteiger partial charge is 0.657 e. The van der Waals surface area contributed by atoms with E-state index in [-0.39, 0.29) is 17.1 Å². The molecule has 263 valence electrons. The molecule has 0 saturated heterocycles. The van der Waals surface area contributed by atoms with Crippen LogP contribution in [0.3, 0.4) is 0 Å². The van der Waals surface area contributed by atoms with Crippen LogP contribution in [0.2, 0.25) is 0 Å². The molecule has 0 atom stereocenters. The van der Waals surface area contributed by atoms with E-state index in [9.17, 15) is 17.3 Å². The standard InChI is InChI=1S/C44H28N4.BF4.Fe/c1-5-13-29(14-6-1)41-33-21-23-35(45-33)42(30-15-7-2-8-16-30)37-25-27-39(47-37)44(32-19-11-4-12-20-32)40-28-26-38(48-40)43(31-17-9-3-10-18-31)36-24-22-34(41)46-36;2-1(3,4)5;/h1-28H;;/q-2;-1;+3. The predicted octanol–water partition coefficient (Wildman–Crippen LogP) is 11.9. The van der Waals surface area contributed by atoms with Crippen molar-refractivity contribution in [1.82, 2.24) is 19.9 Å². The van der Waals surface area contributed by atoms with E-state index in [1.54, 1.807) is 0 Å². The number of halogens is 4. The summed E-state index contributed by atoms with van der Waals surface area (Å²) in [5.74, 6) is 0. The summed E-state index contributed by atoms with van der Waals surface area (Å²) in [4.78, 5) is 21.2. The van der Waals surface area contributed by atoms with Gasteiger partial charge in [0.15, 0.2) is 0 Å². The Morgan fingerprint density at radius 2 is 0.537 bits per heavy atom. The van der Waals surface area contributed by atoms with E-state index in [2.05, 4.69) is 146 Å². The SMILES string of the molecule is C1=Cc2nc1c(-c1ccccc1)c1ccc([n-]1)c(-c1ccccc1)c1nc(c(-c3ccccc3)c3ccc([n-]3)c2-c2ccccc2)C=C1.F[B-](F)(F)F.[Fe+3]. The fraction of sp³-hybridized carbons (Fsp3) is 0. The van der Waals surface area contributed by atoms with E-state index in [4.69, 9.17) is 19.9 Å². The first-order valence-corrected chi connectivity index (χ1v) is 16.9. The van der Waals surface area contributed by atoms with Crippen molar-refractivity contribution in [3.63, 3.8) is 0 Å². The van der Waals surface area contributed by atoms with Gasteiger partial charge in [0, 0.05) is 0 Å². The molecule has 9 rings (SSSR count). The Kier molecular flexibility index (Phi) is 10.3. The molecular formula is C44H28BF4FeN4. The second-order valence-electron chi connectivity index (χ2n) is 12.3. The van der Waals surface area contributed by atoms with E-state index in [1.165, 1.54) is 0 Å². The maximum absolute atomic E-state index is 9.75. The number of rotatable bonds is 4. The van der Waals surface area contributed by atoms with E-state index in [1.807, 2.05) is 24.3 Å². The molecule has 4 aromatic carbocycles. The molecule has 0 unspecified atom stereocenters. The number of benzene rings is 4. The normalized spacial score (nSPS) is 11.8. The number of hydrogen-bond acceptors (Lipinski definition) is 2. The fourth-order valence-electron chi connectivity index (χ4n) is 6.69. The van der Waals surface area contributed by atoms with Gasteiger partial charge in [0.25, 0.3) is 0 Å². The molecule has 2 aliphatic heterocycles. The summed E-state index contributed by atoms with van der Waals surface area (Å²) in [5.41, 5.74) is 15.0. The molecule has 0 spiro atoms. The van der Waals surface area contributed by atoms with Crippen LogP contribution in [-0.2, 0) is 17.1 Å². The zero-order valence-corrected chi connectivity index (χ0v) is 29.5. The Morgan fingerprint density at radius 3 is 0.741 bits per heavy atom. The minimum absolute atomic E-state index is 0. The average molecular weight is 755 g/mol. The fourth-order valence-corrected chi connectivity index (χ4v) is 6.69. The molecule has 3 aromatic heterocycles. The van der Waals surface area contributed by atoms with Crippen LogP contribution in [0.1, 0.15) is 22.8 Å². The first kappa shape index (κ1) is 36.2. The summed E-state index contributed by atoms with van der Waals surface area (Å²) in [6, 6.07) is 50.0. The molecular weight excluding hydrogens is 727 g/mol. The van der Waals surface area contributed by atoms with E-state index < -0.39 is 7.25 Å². The zero-order chi connectivity index (χ0) is 36.4. The van der Waals surface area contributed by atoms with Crippen molar-refractivity contribution in [2.24, 2.45) is 0 Å². The Balaban J connectivity index is 0.000000706.